The van der Waals surface area contributed by atoms with Crippen molar-refractivity contribution in [2.45, 2.75) is 12.7 Å². The largest absolute Gasteiger partial charge is 0.496 e. The first-order valence-corrected chi connectivity index (χ1v) is 7.02. The molecule has 0 spiro atoms. The molecule has 0 radical (unpaired) electrons. The standard InChI is InChI=1S/C9H14O3SSi/c10-14(11,7-6-13)12-8-9-4-2-1-3-5-9/h1-5,10-11,13H,6-8H2. The van der Waals surface area contributed by atoms with Crippen LogP contribution in [0, 0.1) is 0 Å². The van der Waals surface area contributed by atoms with E-state index in [9.17, 15) is 9.59 Å². The molecule has 3 nitrogen and oxygen atoms in total. The van der Waals surface area contributed by atoms with Crippen LogP contribution < -0.4 is 0 Å². The SMILES string of the molecule is O[Si](O)(CCS)OCc1ccccc1. The molecule has 1 aromatic rings. The minimum Gasteiger partial charge on any atom is -0.390 e. The summed E-state index contributed by atoms with van der Waals surface area (Å²) in [6.45, 7) is 0.244. The smallest absolute Gasteiger partial charge is 0.390 e. The highest BCUT2D eigenvalue weighted by atomic mass is 32.1. The lowest BCUT2D eigenvalue weighted by molar-refractivity contribution is 0.140. The molecule has 0 saturated heterocycles. The van der Waals surface area contributed by atoms with Gasteiger partial charge >= 0.3 is 8.80 Å². The summed E-state index contributed by atoms with van der Waals surface area (Å²) in [6.07, 6.45) is 0. The van der Waals surface area contributed by atoms with Crippen LogP contribution in [0.25, 0.3) is 0 Å². The maximum absolute atomic E-state index is 9.40. The molecular formula is C9H14O3SSi. The molecule has 78 valence electrons. The second-order valence-electron chi connectivity index (χ2n) is 2.99. The van der Waals surface area contributed by atoms with Crippen LogP contribution in [0.4, 0.5) is 0 Å². The predicted octanol–water partition coefficient (Wildman–Crippen LogP) is 1.06. The number of hydrogen-bond acceptors (Lipinski definition) is 4. The summed E-state index contributed by atoms with van der Waals surface area (Å²) in [7, 11) is -3.46. The molecule has 0 bridgehead atoms. The average Bonchev–Trinajstić information content (AvgIpc) is 2.17. The molecule has 1 rings (SSSR count). The van der Waals surface area contributed by atoms with Gasteiger partial charge in [-0.1, -0.05) is 30.3 Å². The fourth-order valence-corrected chi connectivity index (χ4v) is 2.70. The van der Waals surface area contributed by atoms with Crippen LogP contribution in [0.15, 0.2) is 30.3 Å². The van der Waals surface area contributed by atoms with Gasteiger partial charge in [-0.05, 0) is 11.3 Å². The molecule has 0 unspecified atom stereocenters. The van der Waals surface area contributed by atoms with Crippen LogP contribution in [0.1, 0.15) is 5.56 Å². The monoisotopic (exact) mass is 230 g/mol. The lowest BCUT2D eigenvalue weighted by Gasteiger charge is -2.16. The van der Waals surface area contributed by atoms with Crippen LogP contribution in [0.3, 0.4) is 0 Å². The Labute approximate surface area is 90.1 Å². The summed E-state index contributed by atoms with van der Waals surface area (Å²) in [6, 6.07) is 9.66. The molecule has 14 heavy (non-hydrogen) atoms. The number of thiol groups is 1. The van der Waals surface area contributed by atoms with E-state index >= 15 is 0 Å². The Kier molecular flexibility index (Phi) is 4.63. The van der Waals surface area contributed by atoms with Gasteiger partial charge in [0.2, 0.25) is 0 Å². The van der Waals surface area contributed by atoms with Gasteiger partial charge in [0.1, 0.15) is 0 Å². The zero-order valence-corrected chi connectivity index (χ0v) is 9.65. The quantitative estimate of drug-likeness (QED) is 0.523. The molecular weight excluding hydrogens is 216 g/mol. The summed E-state index contributed by atoms with van der Waals surface area (Å²) in [5, 5.41) is 0. The molecule has 2 N–H and O–H groups in total. The van der Waals surface area contributed by atoms with Gasteiger partial charge in [0, 0.05) is 6.04 Å². The van der Waals surface area contributed by atoms with Gasteiger partial charge in [0.05, 0.1) is 6.61 Å². The van der Waals surface area contributed by atoms with Gasteiger partial charge in [-0.15, -0.1) is 0 Å². The molecule has 0 aliphatic carbocycles. The van der Waals surface area contributed by atoms with Crippen molar-refractivity contribution in [1.82, 2.24) is 0 Å². The Hall–Kier alpha value is -0.333. The Morgan fingerprint density at radius 3 is 2.43 bits per heavy atom. The second kappa shape index (κ2) is 5.52. The first-order valence-electron chi connectivity index (χ1n) is 4.37. The minimum absolute atomic E-state index is 0.225. The van der Waals surface area contributed by atoms with Gasteiger partial charge in [0.15, 0.2) is 0 Å². The van der Waals surface area contributed by atoms with Crippen molar-refractivity contribution in [3.05, 3.63) is 35.9 Å². The third kappa shape index (κ3) is 4.25. The fraction of sp³-hybridized carbons (Fsp3) is 0.333. The van der Waals surface area contributed by atoms with Crippen molar-refractivity contribution in [1.29, 1.82) is 0 Å². The molecule has 1 aromatic carbocycles. The van der Waals surface area contributed by atoms with E-state index < -0.39 is 8.80 Å². The van der Waals surface area contributed by atoms with E-state index in [0.29, 0.717) is 5.75 Å². The predicted molar refractivity (Wildman–Crippen MR) is 60.1 cm³/mol. The number of benzene rings is 1. The van der Waals surface area contributed by atoms with E-state index in [4.69, 9.17) is 4.43 Å². The van der Waals surface area contributed by atoms with E-state index in [-0.39, 0.29) is 12.7 Å². The fourth-order valence-electron chi connectivity index (χ4n) is 0.991. The lowest BCUT2D eigenvalue weighted by Crippen LogP contribution is -2.38. The first-order chi connectivity index (χ1) is 6.64. The van der Waals surface area contributed by atoms with Crippen molar-refractivity contribution in [2.75, 3.05) is 5.75 Å². The van der Waals surface area contributed by atoms with Crippen LogP contribution in [0.5, 0.6) is 0 Å². The Morgan fingerprint density at radius 1 is 1.21 bits per heavy atom. The summed E-state index contributed by atoms with van der Waals surface area (Å²) >= 11 is 3.93. The summed E-state index contributed by atoms with van der Waals surface area (Å²) in [5.74, 6) is 0.425. The van der Waals surface area contributed by atoms with Gasteiger partial charge in [0.25, 0.3) is 0 Å². The summed E-state index contributed by atoms with van der Waals surface area (Å²) in [4.78, 5) is 18.8. The lowest BCUT2D eigenvalue weighted by atomic mass is 10.2. The highest BCUT2D eigenvalue weighted by Crippen LogP contribution is 2.09. The van der Waals surface area contributed by atoms with E-state index in [2.05, 4.69) is 12.6 Å². The summed E-state index contributed by atoms with van der Waals surface area (Å²) in [5.41, 5.74) is 0.937. The van der Waals surface area contributed by atoms with Crippen molar-refractivity contribution in [3.63, 3.8) is 0 Å². The van der Waals surface area contributed by atoms with E-state index in [0.717, 1.165) is 5.56 Å². The van der Waals surface area contributed by atoms with Crippen molar-refractivity contribution < 1.29 is 14.0 Å². The number of rotatable bonds is 5. The Bertz CT molecular complexity index is 266. The van der Waals surface area contributed by atoms with Crippen molar-refractivity contribution >= 4 is 21.4 Å². The van der Waals surface area contributed by atoms with E-state index in [1.807, 2.05) is 30.3 Å². The number of hydrogen-bond donors (Lipinski definition) is 3. The zero-order valence-electron chi connectivity index (χ0n) is 7.76. The molecule has 0 atom stereocenters. The first kappa shape index (κ1) is 11.7. The van der Waals surface area contributed by atoms with Gasteiger partial charge in [-0.25, -0.2) is 0 Å². The highest BCUT2D eigenvalue weighted by Gasteiger charge is 2.30. The molecule has 0 aliphatic heterocycles. The van der Waals surface area contributed by atoms with Gasteiger partial charge in [-0.2, -0.15) is 12.6 Å². The van der Waals surface area contributed by atoms with Gasteiger partial charge in [-0.3, -0.25) is 0 Å². The molecule has 0 aliphatic rings. The summed E-state index contributed by atoms with van der Waals surface area (Å²) < 4.78 is 5.06. The molecule has 5 heteroatoms. The molecule has 0 fully saturated rings. The second-order valence-corrected chi connectivity index (χ2v) is 5.71. The van der Waals surface area contributed by atoms with Crippen LogP contribution in [0.2, 0.25) is 6.04 Å². The molecule has 0 saturated carbocycles. The topological polar surface area (TPSA) is 49.7 Å². The van der Waals surface area contributed by atoms with Crippen molar-refractivity contribution in [3.8, 4) is 0 Å². The van der Waals surface area contributed by atoms with Crippen molar-refractivity contribution in [2.24, 2.45) is 0 Å². The third-order valence-electron chi connectivity index (χ3n) is 1.75. The maximum atomic E-state index is 9.40. The molecule has 0 amide bonds. The van der Waals surface area contributed by atoms with Crippen LogP contribution in [-0.2, 0) is 11.0 Å². The molecule has 0 heterocycles. The Balaban J connectivity index is 2.40. The van der Waals surface area contributed by atoms with Crippen LogP contribution >= 0.6 is 12.6 Å². The Morgan fingerprint density at radius 2 is 1.86 bits per heavy atom. The maximum Gasteiger partial charge on any atom is 0.496 e. The van der Waals surface area contributed by atoms with E-state index in [1.54, 1.807) is 0 Å². The zero-order chi connectivity index (χ0) is 10.4. The molecule has 0 aromatic heterocycles. The highest BCUT2D eigenvalue weighted by molar-refractivity contribution is 7.80. The third-order valence-corrected chi connectivity index (χ3v) is 3.90. The average molecular weight is 230 g/mol. The minimum atomic E-state index is -3.46. The van der Waals surface area contributed by atoms with Gasteiger partial charge < -0.3 is 14.0 Å². The van der Waals surface area contributed by atoms with E-state index in [1.165, 1.54) is 0 Å². The normalized spacial score (nSPS) is 11.6. The van der Waals surface area contributed by atoms with Crippen LogP contribution in [-0.4, -0.2) is 24.1 Å².